The Labute approximate surface area is 77.9 Å². The predicted octanol–water partition coefficient (Wildman–Crippen LogP) is 1.90. The van der Waals surface area contributed by atoms with Crippen LogP contribution < -0.4 is 4.74 Å². The van der Waals surface area contributed by atoms with E-state index >= 15 is 0 Å². The van der Waals surface area contributed by atoms with Crippen LogP contribution in [0.25, 0.3) is 0 Å². The lowest BCUT2D eigenvalue weighted by Gasteiger charge is -2.11. The maximum Gasteiger partial charge on any atom is 0.127 e. The van der Waals surface area contributed by atoms with Gasteiger partial charge in [0.2, 0.25) is 0 Å². The molecule has 3 heteroatoms. The van der Waals surface area contributed by atoms with Gasteiger partial charge in [0.1, 0.15) is 11.6 Å². The quantitative estimate of drug-likeness (QED) is 0.709. The summed E-state index contributed by atoms with van der Waals surface area (Å²) in [6.07, 6.45) is 0. The Kier molecular flexibility index (Phi) is 3.25. The van der Waals surface area contributed by atoms with Gasteiger partial charge in [-0.05, 0) is 32.3 Å². The van der Waals surface area contributed by atoms with Crippen LogP contribution in [0.15, 0.2) is 18.2 Å². The minimum absolute atomic E-state index is 0.186. The van der Waals surface area contributed by atoms with Crippen LogP contribution in [0.5, 0.6) is 5.75 Å². The highest BCUT2D eigenvalue weighted by Gasteiger charge is 2.04. The number of benzene rings is 1. The number of rotatable bonds is 3. The van der Waals surface area contributed by atoms with Crippen molar-refractivity contribution < 1.29 is 9.13 Å². The lowest BCUT2D eigenvalue weighted by molar-refractivity contribution is 0.385. The average Bonchev–Trinajstić information content (AvgIpc) is 2.08. The highest BCUT2D eigenvalue weighted by atomic mass is 19.1. The molecule has 0 aliphatic rings. The van der Waals surface area contributed by atoms with Gasteiger partial charge in [-0.1, -0.05) is 0 Å². The Bertz CT molecular complexity index is 286. The minimum atomic E-state index is -0.186. The zero-order valence-corrected chi connectivity index (χ0v) is 8.17. The topological polar surface area (TPSA) is 12.5 Å². The van der Waals surface area contributed by atoms with Gasteiger partial charge in [-0.25, -0.2) is 4.39 Å². The number of halogens is 1. The van der Waals surface area contributed by atoms with E-state index in [9.17, 15) is 4.39 Å². The molecule has 0 atom stereocenters. The van der Waals surface area contributed by atoms with Gasteiger partial charge in [-0.15, -0.1) is 0 Å². The second-order valence-electron chi connectivity index (χ2n) is 3.20. The molecule has 1 aromatic carbocycles. The summed E-state index contributed by atoms with van der Waals surface area (Å²) >= 11 is 0. The van der Waals surface area contributed by atoms with E-state index in [-0.39, 0.29) is 5.82 Å². The number of hydrogen-bond donors (Lipinski definition) is 0. The van der Waals surface area contributed by atoms with Gasteiger partial charge >= 0.3 is 0 Å². The molecule has 0 saturated heterocycles. The third-order valence-electron chi connectivity index (χ3n) is 1.74. The summed E-state index contributed by atoms with van der Waals surface area (Å²) in [5.41, 5.74) is 0.657. The fraction of sp³-hybridized carbons (Fsp3) is 0.400. The van der Waals surface area contributed by atoms with E-state index in [1.54, 1.807) is 19.2 Å². The molecule has 0 amide bonds. The molecule has 0 heterocycles. The summed E-state index contributed by atoms with van der Waals surface area (Å²) in [4.78, 5) is 1.91. The number of hydrogen-bond acceptors (Lipinski definition) is 2. The predicted molar refractivity (Wildman–Crippen MR) is 50.3 cm³/mol. The Balaban J connectivity index is 2.90. The first kappa shape index (κ1) is 9.99. The first-order chi connectivity index (χ1) is 6.13. The Morgan fingerprint density at radius 2 is 2.08 bits per heavy atom. The van der Waals surface area contributed by atoms with Crippen LogP contribution in [-0.2, 0) is 6.54 Å². The van der Waals surface area contributed by atoms with Crippen LogP contribution in [0, 0.1) is 5.82 Å². The fourth-order valence-electron chi connectivity index (χ4n) is 1.14. The molecule has 0 fully saturated rings. The van der Waals surface area contributed by atoms with E-state index in [1.807, 2.05) is 19.0 Å². The van der Waals surface area contributed by atoms with Crippen molar-refractivity contribution in [3.8, 4) is 5.75 Å². The van der Waals surface area contributed by atoms with Crippen molar-refractivity contribution in [1.82, 2.24) is 4.90 Å². The molecule has 0 aromatic heterocycles. The number of methoxy groups -OCH3 is 1. The first-order valence-electron chi connectivity index (χ1n) is 4.10. The monoisotopic (exact) mass is 183 g/mol. The molecular weight excluding hydrogens is 169 g/mol. The van der Waals surface area contributed by atoms with Gasteiger partial charge in [0.05, 0.1) is 7.11 Å². The minimum Gasteiger partial charge on any atom is -0.497 e. The molecule has 0 unspecified atom stereocenters. The molecule has 0 radical (unpaired) electrons. The van der Waals surface area contributed by atoms with Crippen molar-refractivity contribution in [2.75, 3.05) is 21.2 Å². The van der Waals surface area contributed by atoms with Gasteiger partial charge in [0, 0.05) is 12.1 Å². The third-order valence-corrected chi connectivity index (χ3v) is 1.74. The second-order valence-corrected chi connectivity index (χ2v) is 3.20. The van der Waals surface area contributed by atoms with E-state index in [0.717, 1.165) is 0 Å². The zero-order chi connectivity index (χ0) is 9.84. The average molecular weight is 183 g/mol. The molecule has 0 aliphatic heterocycles. The summed E-state index contributed by atoms with van der Waals surface area (Å²) in [7, 11) is 5.38. The van der Waals surface area contributed by atoms with Gasteiger partial charge in [0.25, 0.3) is 0 Å². The normalized spacial score (nSPS) is 10.5. The molecule has 0 spiro atoms. The van der Waals surface area contributed by atoms with E-state index in [4.69, 9.17) is 4.74 Å². The van der Waals surface area contributed by atoms with Crippen molar-refractivity contribution in [1.29, 1.82) is 0 Å². The molecule has 0 N–H and O–H groups in total. The lowest BCUT2D eigenvalue weighted by Crippen LogP contribution is -2.11. The molecular formula is C10H14FNO. The fourth-order valence-corrected chi connectivity index (χ4v) is 1.14. The van der Waals surface area contributed by atoms with Gasteiger partial charge in [0.15, 0.2) is 0 Å². The van der Waals surface area contributed by atoms with E-state index in [0.29, 0.717) is 17.9 Å². The molecule has 72 valence electrons. The van der Waals surface area contributed by atoms with Gasteiger partial charge in [-0.3, -0.25) is 0 Å². The van der Waals surface area contributed by atoms with Gasteiger partial charge in [-0.2, -0.15) is 0 Å². The highest BCUT2D eigenvalue weighted by Crippen LogP contribution is 2.17. The van der Waals surface area contributed by atoms with Crippen molar-refractivity contribution in [3.05, 3.63) is 29.6 Å². The Morgan fingerprint density at radius 1 is 1.38 bits per heavy atom. The molecule has 0 aliphatic carbocycles. The van der Waals surface area contributed by atoms with Crippen LogP contribution in [0.2, 0.25) is 0 Å². The van der Waals surface area contributed by atoms with Crippen molar-refractivity contribution in [3.63, 3.8) is 0 Å². The van der Waals surface area contributed by atoms with Crippen molar-refractivity contribution in [2.24, 2.45) is 0 Å². The summed E-state index contributed by atoms with van der Waals surface area (Å²) in [5, 5.41) is 0. The number of ether oxygens (including phenoxy) is 1. The van der Waals surface area contributed by atoms with Crippen LogP contribution in [0.3, 0.4) is 0 Å². The van der Waals surface area contributed by atoms with E-state index in [2.05, 4.69) is 0 Å². The maximum atomic E-state index is 13.2. The second kappa shape index (κ2) is 4.23. The third kappa shape index (κ3) is 2.70. The molecule has 13 heavy (non-hydrogen) atoms. The van der Waals surface area contributed by atoms with Crippen LogP contribution >= 0.6 is 0 Å². The highest BCUT2D eigenvalue weighted by molar-refractivity contribution is 5.29. The van der Waals surface area contributed by atoms with Crippen LogP contribution in [0.4, 0.5) is 4.39 Å². The van der Waals surface area contributed by atoms with Crippen molar-refractivity contribution >= 4 is 0 Å². The largest absolute Gasteiger partial charge is 0.497 e. The van der Waals surface area contributed by atoms with Crippen LogP contribution in [-0.4, -0.2) is 26.1 Å². The lowest BCUT2D eigenvalue weighted by atomic mass is 10.2. The van der Waals surface area contributed by atoms with E-state index < -0.39 is 0 Å². The Hall–Kier alpha value is -1.09. The molecule has 1 rings (SSSR count). The van der Waals surface area contributed by atoms with E-state index in [1.165, 1.54) is 6.07 Å². The smallest absolute Gasteiger partial charge is 0.127 e. The van der Waals surface area contributed by atoms with Gasteiger partial charge < -0.3 is 9.64 Å². The number of nitrogens with zero attached hydrogens (tertiary/aromatic N) is 1. The SMILES string of the molecule is COc1ccc(F)c(CN(C)C)c1. The van der Waals surface area contributed by atoms with Crippen molar-refractivity contribution in [2.45, 2.75) is 6.54 Å². The molecule has 0 bridgehead atoms. The molecule has 2 nitrogen and oxygen atoms in total. The zero-order valence-electron chi connectivity index (χ0n) is 8.17. The molecule has 0 saturated carbocycles. The summed E-state index contributed by atoms with van der Waals surface area (Å²) < 4.78 is 18.2. The molecule has 1 aromatic rings. The maximum absolute atomic E-state index is 13.2. The van der Waals surface area contributed by atoms with Crippen LogP contribution in [0.1, 0.15) is 5.56 Å². The Morgan fingerprint density at radius 3 is 2.62 bits per heavy atom. The summed E-state index contributed by atoms with van der Waals surface area (Å²) in [5.74, 6) is 0.507. The first-order valence-corrected chi connectivity index (χ1v) is 4.10. The standard InChI is InChI=1S/C10H14FNO/c1-12(2)7-8-6-9(13-3)4-5-10(8)11/h4-6H,7H2,1-3H3. The summed E-state index contributed by atoms with van der Waals surface area (Å²) in [6.45, 7) is 0.586. The summed E-state index contributed by atoms with van der Waals surface area (Å²) in [6, 6.07) is 4.77.